The summed E-state index contributed by atoms with van der Waals surface area (Å²) in [5.74, 6) is 0.762. The highest BCUT2D eigenvalue weighted by Crippen LogP contribution is 2.32. The Morgan fingerprint density at radius 1 is 1.21 bits per heavy atom. The molecule has 124 valence electrons. The van der Waals surface area contributed by atoms with Crippen molar-refractivity contribution >= 4 is 17.3 Å². The normalized spacial score (nSPS) is 12.8. The van der Waals surface area contributed by atoms with Crippen LogP contribution < -0.4 is 9.64 Å². The van der Waals surface area contributed by atoms with E-state index in [0.717, 1.165) is 17.7 Å². The van der Waals surface area contributed by atoms with Crippen LogP contribution in [-0.2, 0) is 11.2 Å². The molecule has 2 aromatic carbocycles. The fraction of sp³-hybridized carbons (Fsp3) is 0.278. The van der Waals surface area contributed by atoms with Crippen LogP contribution in [0.3, 0.4) is 0 Å². The molecule has 0 atom stereocenters. The molecule has 0 saturated heterocycles. The highest BCUT2D eigenvalue weighted by Gasteiger charge is 2.26. The van der Waals surface area contributed by atoms with E-state index in [1.165, 1.54) is 12.1 Å². The van der Waals surface area contributed by atoms with Crippen LogP contribution >= 0.6 is 0 Å². The number of carbonyl (C=O) groups is 1. The van der Waals surface area contributed by atoms with Gasteiger partial charge < -0.3 is 9.64 Å². The van der Waals surface area contributed by atoms with Crippen LogP contribution in [0.4, 0.5) is 11.4 Å². The molecule has 1 heterocycles. The molecule has 2 aromatic rings. The first kappa shape index (κ1) is 16.0. The smallest absolute Gasteiger partial charge is 0.271 e. The Labute approximate surface area is 139 Å². The summed E-state index contributed by atoms with van der Waals surface area (Å²) in [5, 5.41) is 10.9. The number of hydrogen-bond acceptors (Lipinski definition) is 4. The van der Waals surface area contributed by atoms with Gasteiger partial charge in [-0.05, 0) is 30.5 Å². The van der Waals surface area contributed by atoms with E-state index in [4.69, 9.17) is 4.74 Å². The van der Waals surface area contributed by atoms with E-state index in [0.29, 0.717) is 31.7 Å². The summed E-state index contributed by atoms with van der Waals surface area (Å²) in [6, 6.07) is 14.2. The van der Waals surface area contributed by atoms with Gasteiger partial charge in [-0.2, -0.15) is 0 Å². The average Bonchev–Trinajstić information content (AvgIpc) is 3.02. The molecular weight excluding hydrogens is 308 g/mol. The van der Waals surface area contributed by atoms with Gasteiger partial charge >= 0.3 is 0 Å². The van der Waals surface area contributed by atoms with Crippen molar-refractivity contribution in [3.63, 3.8) is 0 Å². The molecule has 1 amide bonds. The van der Waals surface area contributed by atoms with Crippen molar-refractivity contribution in [2.24, 2.45) is 0 Å². The maximum absolute atomic E-state index is 12.4. The number of para-hydroxylation sites is 1. The predicted octanol–water partition coefficient (Wildman–Crippen LogP) is 3.34. The Bertz CT molecular complexity index is 746. The molecule has 0 fully saturated rings. The number of benzene rings is 2. The molecule has 0 saturated carbocycles. The number of carbonyl (C=O) groups excluding carboxylic acids is 1. The fourth-order valence-electron chi connectivity index (χ4n) is 2.81. The molecule has 24 heavy (non-hydrogen) atoms. The van der Waals surface area contributed by atoms with Crippen molar-refractivity contribution in [1.82, 2.24) is 0 Å². The lowest BCUT2D eigenvalue weighted by Gasteiger charge is -2.17. The third-order valence-corrected chi connectivity index (χ3v) is 4.02. The Hall–Kier alpha value is -2.89. The van der Waals surface area contributed by atoms with E-state index >= 15 is 0 Å². The van der Waals surface area contributed by atoms with Gasteiger partial charge in [0.05, 0.1) is 17.2 Å². The minimum absolute atomic E-state index is 0.0147. The van der Waals surface area contributed by atoms with Crippen molar-refractivity contribution < 1.29 is 14.5 Å². The number of nitro groups is 1. The summed E-state index contributed by atoms with van der Waals surface area (Å²) in [6.45, 7) is 1.04. The Balaban J connectivity index is 1.55. The van der Waals surface area contributed by atoms with Gasteiger partial charge in [0.1, 0.15) is 5.75 Å². The summed E-state index contributed by atoms with van der Waals surface area (Å²) in [4.78, 5) is 24.5. The monoisotopic (exact) mass is 326 g/mol. The third-order valence-electron chi connectivity index (χ3n) is 4.02. The Morgan fingerprint density at radius 2 is 2.00 bits per heavy atom. The minimum atomic E-state index is -0.436. The lowest BCUT2D eigenvalue weighted by Crippen LogP contribution is -2.29. The molecule has 0 bridgehead atoms. The van der Waals surface area contributed by atoms with Crippen molar-refractivity contribution in [3.8, 4) is 5.75 Å². The molecule has 1 aliphatic heterocycles. The van der Waals surface area contributed by atoms with Crippen LogP contribution in [-0.4, -0.2) is 24.0 Å². The van der Waals surface area contributed by atoms with Crippen LogP contribution in [0, 0.1) is 10.1 Å². The minimum Gasteiger partial charge on any atom is -0.494 e. The van der Waals surface area contributed by atoms with E-state index in [1.54, 1.807) is 11.0 Å². The second-order valence-corrected chi connectivity index (χ2v) is 5.63. The molecule has 0 N–H and O–H groups in total. The van der Waals surface area contributed by atoms with E-state index in [2.05, 4.69) is 0 Å². The number of rotatable bonds is 6. The first-order valence-corrected chi connectivity index (χ1v) is 7.90. The topological polar surface area (TPSA) is 72.7 Å². The number of ether oxygens (including phenoxy) is 1. The highest BCUT2D eigenvalue weighted by molar-refractivity contribution is 5.95. The number of nitro benzene ring substituents is 1. The molecule has 6 heteroatoms. The second-order valence-electron chi connectivity index (χ2n) is 5.63. The van der Waals surface area contributed by atoms with Gasteiger partial charge in [-0.25, -0.2) is 0 Å². The zero-order valence-electron chi connectivity index (χ0n) is 13.2. The molecule has 0 radical (unpaired) electrons. The number of fused-ring (bicyclic) bond motifs is 1. The maximum Gasteiger partial charge on any atom is 0.271 e. The Morgan fingerprint density at radius 3 is 2.75 bits per heavy atom. The molecule has 3 rings (SSSR count). The number of nitrogens with zero attached hydrogens (tertiary/aromatic N) is 2. The number of amides is 1. The Kier molecular flexibility index (Phi) is 4.74. The fourth-order valence-corrected chi connectivity index (χ4v) is 2.81. The molecule has 0 aliphatic carbocycles. The van der Waals surface area contributed by atoms with Gasteiger partial charge in [-0.15, -0.1) is 0 Å². The summed E-state index contributed by atoms with van der Waals surface area (Å²) >= 11 is 0. The molecule has 6 nitrogen and oxygen atoms in total. The third kappa shape index (κ3) is 3.53. The number of non-ortho nitro benzene ring substituents is 1. The zero-order chi connectivity index (χ0) is 16.9. The van der Waals surface area contributed by atoms with E-state index < -0.39 is 4.92 Å². The largest absolute Gasteiger partial charge is 0.494 e. The first-order chi connectivity index (χ1) is 11.6. The summed E-state index contributed by atoms with van der Waals surface area (Å²) in [5.41, 5.74) is 1.66. The highest BCUT2D eigenvalue weighted by atomic mass is 16.6. The quantitative estimate of drug-likeness (QED) is 0.463. The van der Waals surface area contributed by atoms with Gasteiger partial charge in [-0.3, -0.25) is 14.9 Å². The van der Waals surface area contributed by atoms with Crippen LogP contribution in [0.25, 0.3) is 0 Å². The molecule has 0 aromatic heterocycles. The zero-order valence-corrected chi connectivity index (χ0v) is 13.2. The van der Waals surface area contributed by atoms with Gasteiger partial charge in [0.15, 0.2) is 0 Å². The lowest BCUT2D eigenvalue weighted by atomic mass is 10.1. The van der Waals surface area contributed by atoms with E-state index in [1.807, 2.05) is 30.3 Å². The molecule has 0 spiro atoms. The summed E-state index contributed by atoms with van der Waals surface area (Å²) in [7, 11) is 0. The maximum atomic E-state index is 12.4. The van der Waals surface area contributed by atoms with Crippen molar-refractivity contribution in [3.05, 3.63) is 64.2 Å². The van der Waals surface area contributed by atoms with E-state index in [9.17, 15) is 14.9 Å². The van der Waals surface area contributed by atoms with Gasteiger partial charge in [-0.1, -0.05) is 24.3 Å². The van der Waals surface area contributed by atoms with Crippen molar-refractivity contribution in [2.75, 3.05) is 18.1 Å². The summed E-state index contributed by atoms with van der Waals surface area (Å²) in [6.07, 6.45) is 1.70. The van der Waals surface area contributed by atoms with Crippen LogP contribution in [0.1, 0.15) is 18.4 Å². The van der Waals surface area contributed by atoms with E-state index in [-0.39, 0.29) is 11.6 Å². The SMILES string of the molecule is O=C(CCCOc1ccccc1)N1CCc2ccc([N+](=O)[O-])cc21. The van der Waals surface area contributed by atoms with Gasteiger partial charge in [0.25, 0.3) is 5.69 Å². The molecule has 1 aliphatic rings. The summed E-state index contributed by atoms with van der Waals surface area (Å²) < 4.78 is 5.58. The second kappa shape index (κ2) is 7.12. The average molecular weight is 326 g/mol. The van der Waals surface area contributed by atoms with Crippen LogP contribution in [0.2, 0.25) is 0 Å². The van der Waals surface area contributed by atoms with Crippen molar-refractivity contribution in [1.29, 1.82) is 0 Å². The van der Waals surface area contributed by atoms with Gasteiger partial charge in [0.2, 0.25) is 5.91 Å². The van der Waals surface area contributed by atoms with Crippen LogP contribution in [0.5, 0.6) is 5.75 Å². The first-order valence-electron chi connectivity index (χ1n) is 7.90. The number of hydrogen-bond donors (Lipinski definition) is 0. The lowest BCUT2D eigenvalue weighted by molar-refractivity contribution is -0.384. The van der Waals surface area contributed by atoms with Crippen LogP contribution in [0.15, 0.2) is 48.5 Å². The van der Waals surface area contributed by atoms with Gasteiger partial charge in [0, 0.05) is 25.1 Å². The molecular formula is C18H18N2O4. The predicted molar refractivity (Wildman–Crippen MR) is 90.3 cm³/mol. The number of anilines is 1. The van der Waals surface area contributed by atoms with Crippen molar-refractivity contribution in [2.45, 2.75) is 19.3 Å². The standard InChI is InChI=1S/C18H18N2O4/c21-18(7-4-12-24-16-5-2-1-3-6-16)19-11-10-14-8-9-15(20(22)23)13-17(14)19/h1-3,5-6,8-9,13H,4,7,10-12H2. The molecule has 0 unspecified atom stereocenters.